The lowest BCUT2D eigenvalue weighted by Gasteiger charge is -2.07. The summed E-state index contributed by atoms with van der Waals surface area (Å²) in [5, 5.41) is 4.43. The van der Waals surface area contributed by atoms with Gasteiger partial charge in [-0.05, 0) is 12.1 Å². The van der Waals surface area contributed by atoms with Gasteiger partial charge in [-0.3, -0.25) is 4.79 Å². The number of rotatable bonds is 4. The summed E-state index contributed by atoms with van der Waals surface area (Å²) in [6.07, 6.45) is -2.88. The van der Waals surface area contributed by atoms with Gasteiger partial charge in [-0.1, -0.05) is 18.2 Å². The summed E-state index contributed by atoms with van der Waals surface area (Å²) in [4.78, 5) is 15.7. The third kappa shape index (κ3) is 3.69. The first-order chi connectivity index (χ1) is 9.91. The van der Waals surface area contributed by atoms with Gasteiger partial charge in [-0.2, -0.15) is 13.2 Å². The molecule has 0 aliphatic heterocycles. The number of hydrogen-bond acceptors (Lipinski definition) is 3. The van der Waals surface area contributed by atoms with Crippen LogP contribution in [-0.2, 0) is 6.18 Å². The number of carbonyl (C=O) groups excluding carboxylic acids is 1. The lowest BCUT2D eigenvalue weighted by atomic mass is 10.1. The Morgan fingerprint density at radius 1 is 1.43 bits per heavy atom. The normalized spacial score (nSPS) is 11.2. The average Bonchev–Trinajstić information content (AvgIpc) is 2.94. The Balaban J connectivity index is 2.25. The molecule has 7 heteroatoms. The molecule has 1 aromatic carbocycles. The predicted octanol–water partition coefficient (Wildman–Crippen LogP) is 3.74. The molecule has 0 saturated carbocycles. The van der Waals surface area contributed by atoms with Crippen molar-refractivity contribution in [1.82, 2.24) is 10.3 Å². The first-order valence-corrected chi connectivity index (χ1v) is 6.82. The quantitative estimate of drug-likeness (QED) is 0.874. The van der Waals surface area contributed by atoms with Gasteiger partial charge in [0.2, 0.25) is 0 Å². The van der Waals surface area contributed by atoms with Crippen LogP contribution >= 0.6 is 11.3 Å². The van der Waals surface area contributed by atoms with Crippen LogP contribution in [0.1, 0.15) is 16.1 Å². The topological polar surface area (TPSA) is 42.0 Å². The summed E-state index contributed by atoms with van der Waals surface area (Å²) >= 11 is 1.12. The van der Waals surface area contributed by atoms with Crippen LogP contribution in [0.15, 0.2) is 42.3 Å². The Kier molecular flexibility index (Phi) is 4.42. The van der Waals surface area contributed by atoms with Crippen molar-refractivity contribution in [3.05, 3.63) is 53.6 Å². The molecule has 1 N–H and O–H groups in total. The molecule has 2 rings (SSSR count). The second-order valence-electron chi connectivity index (χ2n) is 4.12. The van der Waals surface area contributed by atoms with E-state index in [1.165, 1.54) is 23.6 Å². The van der Waals surface area contributed by atoms with Crippen LogP contribution < -0.4 is 5.32 Å². The molecule has 110 valence electrons. The van der Waals surface area contributed by atoms with E-state index in [1.807, 2.05) is 0 Å². The number of amides is 1. The van der Waals surface area contributed by atoms with E-state index in [4.69, 9.17) is 0 Å². The molecule has 3 nitrogen and oxygen atoms in total. The minimum Gasteiger partial charge on any atom is -0.347 e. The Hall–Kier alpha value is -2.15. The van der Waals surface area contributed by atoms with Gasteiger partial charge in [-0.15, -0.1) is 17.9 Å². The van der Waals surface area contributed by atoms with Gasteiger partial charge in [0.05, 0.1) is 5.56 Å². The van der Waals surface area contributed by atoms with Crippen molar-refractivity contribution in [2.24, 2.45) is 0 Å². The van der Waals surface area contributed by atoms with Crippen molar-refractivity contribution in [3.8, 4) is 10.6 Å². The number of thiazole rings is 1. The maximum absolute atomic E-state index is 12.7. The smallest absolute Gasteiger partial charge is 0.347 e. The first-order valence-electron chi connectivity index (χ1n) is 5.94. The lowest BCUT2D eigenvalue weighted by Crippen LogP contribution is -2.23. The number of hydrogen-bond donors (Lipinski definition) is 1. The van der Waals surface area contributed by atoms with Crippen LogP contribution in [0, 0.1) is 0 Å². The Labute approximate surface area is 123 Å². The number of nitrogens with zero attached hydrogens (tertiary/aromatic N) is 1. The van der Waals surface area contributed by atoms with Gasteiger partial charge in [-0.25, -0.2) is 4.98 Å². The fourth-order valence-corrected chi connectivity index (χ4v) is 2.39. The van der Waals surface area contributed by atoms with Crippen molar-refractivity contribution in [1.29, 1.82) is 0 Å². The van der Waals surface area contributed by atoms with E-state index in [2.05, 4.69) is 16.9 Å². The van der Waals surface area contributed by atoms with Gasteiger partial charge < -0.3 is 5.32 Å². The molecule has 0 spiro atoms. The van der Waals surface area contributed by atoms with Crippen LogP contribution in [0.2, 0.25) is 0 Å². The zero-order valence-electron chi connectivity index (χ0n) is 10.8. The van der Waals surface area contributed by atoms with Crippen LogP contribution in [0.25, 0.3) is 10.6 Å². The third-order valence-corrected chi connectivity index (χ3v) is 3.47. The van der Waals surface area contributed by atoms with Crippen molar-refractivity contribution >= 4 is 17.2 Å². The van der Waals surface area contributed by atoms with Crippen molar-refractivity contribution in [3.63, 3.8) is 0 Å². The molecule has 0 unspecified atom stereocenters. The highest BCUT2D eigenvalue weighted by Gasteiger charge is 2.30. The zero-order chi connectivity index (χ0) is 15.5. The Bertz CT molecular complexity index is 664. The number of benzene rings is 1. The molecule has 1 aromatic heterocycles. The van der Waals surface area contributed by atoms with Gasteiger partial charge >= 0.3 is 6.18 Å². The van der Waals surface area contributed by atoms with Crippen LogP contribution in [0.3, 0.4) is 0 Å². The summed E-state index contributed by atoms with van der Waals surface area (Å²) in [6, 6.07) is 4.86. The Morgan fingerprint density at radius 3 is 2.86 bits per heavy atom. The van der Waals surface area contributed by atoms with Crippen molar-refractivity contribution in [2.75, 3.05) is 6.54 Å². The molecule has 1 amide bonds. The molecule has 0 bridgehead atoms. The maximum atomic E-state index is 12.7. The fourth-order valence-electron chi connectivity index (χ4n) is 1.59. The van der Waals surface area contributed by atoms with Gasteiger partial charge in [0.25, 0.3) is 5.91 Å². The monoisotopic (exact) mass is 312 g/mol. The van der Waals surface area contributed by atoms with Crippen LogP contribution in [-0.4, -0.2) is 17.4 Å². The van der Waals surface area contributed by atoms with E-state index in [0.29, 0.717) is 17.1 Å². The minimum atomic E-state index is -4.41. The van der Waals surface area contributed by atoms with Gasteiger partial charge in [0, 0.05) is 17.5 Å². The molecule has 1 heterocycles. The predicted molar refractivity (Wildman–Crippen MR) is 75.1 cm³/mol. The SMILES string of the molecule is C=CCNC(=O)c1csc(-c2cccc(C(F)(F)F)c2)n1. The van der Waals surface area contributed by atoms with Crippen LogP contribution in [0.5, 0.6) is 0 Å². The standard InChI is InChI=1S/C14H11F3N2OS/c1-2-6-18-12(20)11-8-21-13(19-11)9-4-3-5-10(7-9)14(15,16)17/h2-5,7-8H,1,6H2,(H,18,20). The Morgan fingerprint density at radius 2 is 2.19 bits per heavy atom. The minimum absolute atomic E-state index is 0.175. The first kappa shape index (κ1) is 15.2. The van der Waals surface area contributed by atoms with E-state index in [0.717, 1.165) is 23.5 Å². The summed E-state index contributed by atoms with van der Waals surface area (Å²) in [6.45, 7) is 3.77. The highest BCUT2D eigenvalue weighted by atomic mass is 32.1. The average molecular weight is 312 g/mol. The van der Waals surface area contributed by atoms with E-state index < -0.39 is 11.7 Å². The van der Waals surface area contributed by atoms with Gasteiger partial charge in [0.1, 0.15) is 10.7 Å². The number of aromatic nitrogens is 1. The number of halogens is 3. The van der Waals surface area contributed by atoms with Gasteiger partial charge in [0.15, 0.2) is 0 Å². The number of carbonyl (C=O) groups is 1. The van der Waals surface area contributed by atoms with E-state index in [9.17, 15) is 18.0 Å². The zero-order valence-corrected chi connectivity index (χ0v) is 11.6. The third-order valence-electron chi connectivity index (χ3n) is 2.58. The fraction of sp³-hybridized carbons (Fsp3) is 0.143. The van der Waals surface area contributed by atoms with E-state index in [-0.39, 0.29) is 11.6 Å². The molecule has 2 aromatic rings. The molecule has 0 radical (unpaired) electrons. The van der Waals surface area contributed by atoms with Crippen molar-refractivity contribution < 1.29 is 18.0 Å². The summed E-state index contributed by atoms with van der Waals surface area (Å²) in [7, 11) is 0. The molecule has 0 atom stereocenters. The second-order valence-corrected chi connectivity index (χ2v) is 4.97. The summed E-state index contributed by atoms with van der Waals surface area (Å²) < 4.78 is 38.0. The molecule has 0 aliphatic carbocycles. The summed E-state index contributed by atoms with van der Waals surface area (Å²) in [5.41, 5.74) is -0.236. The number of alkyl halides is 3. The van der Waals surface area contributed by atoms with E-state index in [1.54, 1.807) is 0 Å². The summed E-state index contributed by atoms with van der Waals surface area (Å²) in [5.74, 6) is -0.385. The maximum Gasteiger partial charge on any atom is 0.416 e. The number of nitrogens with one attached hydrogen (secondary N) is 1. The molecule has 0 aliphatic rings. The largest absolute Gasteiger partial charge is 0.416 e. The molecular weight excluding hydrogens is 301 g/mol. The molecule has 21 heavy (non-hydrogen) atoms. The molecule has 0 fully saturated rings. The van der Waals surface area contributed by atoms with Crippen molar-refractivity contribution in [2.45, 2.75) is 6.18 Å². The molecule has 0 saturated heterocycles. The van der Waals surface area contributed by atoms with E-state index >= 15 is 0 Å². The second kappa shape index (κ2) is 6.09. The molecular formula is C14H11F3N2OS. The van der Waals surface area contributed by atoms with Crippen LogP contribution in [0.4, 0.5) is 13.2 Å². The lowest BCUT2D eigenvalue weighted by molar-refractivity contribution is -0.137. The highest BCUT2D eigenvalue weighted by molar-refractivity contribution is 7.13. The highest BCUT2D eigenvalue weighted by Crippen LogP contribution is 2.33.